The van der Waals surface area contributed by atoms with E-state index in [-0.39, 0.29) is 0 Å². The summed E-state index contributed by atoms with van der Waals surface area (Å²) in [6, 6.07) is 2.46. The molecule has 9 heavy (non-hydrogen) atoms. The Morgan fingerprint density at radius 1 is 1.33 bits per heavy atom. The second-order valence-corrected chi connectivity index (χ2v) is 4.86. The van der Waals surface area contributed by atoms with Gasteiger partial charge in [0.15, 0.2) is 8.80 Å². The summed E-state index contributed by atoms with van der Waals surface area (Å²) in [6.45, 7) is 4.40. The summed E-state index contributed by atoms with van der Waals surface area (Å²) in [5, 5.41) is 0. The maximum absolute atomic E-state index is 5.33. The van der Waals surface area contributed by atoms with Gasteiger partial charge in [-0.05, 0) is 25.9 Å². The van der Waals surface area contributed by atoms with Gasteiger partial charge in [-0.3, -0.25) is 0 Å². The lowest BCUT2D eigenvalue weighted by atomic mass is 10.2. The normalized spacial score (nSPS) is 20.6. The van der Waals surface area contributed by atoms with Crippen LogP contribution in [0.5, 0.6) is 0 Å². The topological polar surface area (TPSA) is 0 Å². The lowest BCUT2D eigenvalue weighted by molar-refractivity contribution is 1.28. The minimum atomic E-state index is -0.395. The number of hydrogen-bond acceptors (Lipinski definition) is 0. The van der Waals surface area contributed by atoms with E-state index in [0.29, 0.717) is 0 Å². The average Bonchev–Trinajstić information content (AvgIpc) is 2.13. The lowest BCUT2D eigenvalue weighted by Gasteiger charge is -1.91. The molecule has 0 aromatic heterocycles. The molecule has 1 aliphatic rings. The van der Waals surface area contributed by atoms with Crippen molar-refractivity contribution in [1.82, 2.24) is 0 Å². The number of hydrogen-bond donors (Lipinski definition) is 0. The van der Waals surface area contributed by atoms with Crippen LogP contribution in [0.2, 0.25) is 12.1 Å². The van der Waals surface area contributed by atoms with E-state index in [1.165, 1.54) is 12.1 Å². The summed E-state index contributed by atoms with van der Waals surface area (Å²) in [4.78, 5) is 0. The monoisotopic (exact) mass is 135 g/mol. The molecule has 0 aromatic carbocycles. The molecule has 1 radical (unpaired) electrons. The zero-order chi connectivity index (χ0) is 6.85. The Bertz CT molecular complexity index is 169. The lowest BCUT2D eigenvalue weighted by Crippen LogP contribution is -2.02. The van der Waals surface area contributed by atoms with Crippen molar-refractivity contribution in [2.24, 2.45) is 0 Å². The molecule has 0 saturated carbocycles. The van der Waals surface area contributed by atoms with E-state index in [2.05, 4.69) is 19.4 Å². The van der Waals surface area contributed by atoms with Crippen molar-refractivity contribution < 1.29 is 0 Å². The van der Waals surface area contributed by atoms with Crippen molar-refractivity contribution in [3.05, 3.63) is 11.1 Å². The van der Waals surface area contributed by atoms with Crippen LogP contribution in [0.1, 0.15) is 13.8 Å². The van der Waals surface area contributed by atoms with Crippen LogP contribution in [-0.4, -0.2) is 8.80 Å². The van der Waals surface area contributed by atoms with E-state index in [1.54, 1.807) is 11.1 Å². The predicted molar refractivity (Wildman–Crippen MR) is 42.6 cm³/mol. The minimum Gasteiger partial charge on any atom is -0.136 e. The summed E-state index contributed by atoms with van der Waals surface area (Å²) >= 11 is 0. The molecule has 1 heterocycles. The standard InChI is InChI=1S/C8H11Si/c1-4-9-5-7(2)8(3)6-9/h1H,5-6H2,2-3H3. The molecule has 0 fully saturated rings. The van der Waals surface area contributed by atoms with Gasteiger partial charge in [0.2, 0.25) is 0 Å². The Morgan fingerprint density at radius 3 is 2.00 bits per heavy atom. The highest BCUT2D eigenvalue weighted by Crippen LogP contribution is 2.25. The Labute approximate surface area is 58.6 Å². The zero-order valence-corrected chi connectivity index (χ0v) is 6.99. The SMILES string of the molecule is C#C[Si]1CC(C)=C(C)C1. The van der Waals surface area contributed by atoms with Crippen LogP contribution in [0.3, 0.4) is 0 Å². The van der Waals surface area contributed by atoms with Crippen molar-refractivity contribution in [2.75, 3.05) is 0 Å². The first-order valence-electron chi connectivity index (χ1n) is 3.20. The second-order valence-electron chi connectivity index (χ2n) is 2.66. The molecule has 0 atom stereocenters. The highest BCUT2D eigenvalue weighted by molar-refractivity contribution is 6.69. The van der Waals surface area contributed by atoms with E-state index < -0.39 is 8.80 Å². The summed E-state index contributed by atoms with van der Waals surface area (Å²) in [6.07, 6.45) is 5.33. The first-order valence-corrected chi connectivity index (χ1v) is 5.12. The van der Waals surface area contributed by atoms with Gasteiger partial charge < -0.3 is 0 Å². The molecule has 47 valence electrons. The Hall–Kier alpha value is -0.483. The molecule has 0 nitrogen and oxygen atoms in total. The molecule has 1 aliphatic heterocycles. The van der Waals surface area contributed by atoms with Gasteiger partial charge in [-0.25, -0.2) is 0 Å². The number of allylic oxidation sites excluding steroid dienone is 2. The van der Waals surface area contributed by atoms with Crippen LogP contribution in [0, 0.1) is 12.0 Å². The average molecular weight is 135 g/mol. The fraction of sp³-hybridized carbons (Fsp3) is 0.500. The maximum atomic E-state index is 5.33. The van der Waals surface area contributed by atoms with E-state index >= 15 is 0 Å². The van der Waals surface area contributed by atoms with Gasteiger partial charge in [0.1, 0.15) is 0 Å². The van der Waals surface area contributed by atoms with Crippen LogP contribution in [0.15, 0.2) is 11.1 Å². The molecule has 1 heteroatoms. The van der Waals surface area contributed by atoms with E-state index in [9.17, 15) is 0 Å². The third kappa shape index (κ3) is 1.25. The van der Waals surface area contributed by atoms with Gasteiger partial charge >= 0.3 is 0 Å². The smallest absolute Gasteiger partial charge is 0.136 e. The van der Waals surface area contributed by atoms with Gasteiger partial charge in [0.05, 0.1) is 0 Å². The van der Waals surface area contributed by atoms with Crippen molar-refractivity contribution in [3.63, 3.8) is 0 Å². The third-order valence-electron chi connectivity index (χ3n) is 1.89. The van der Waals surface area contributed by atoms with Gasteiger partial charge in [-0.15, -0.1) is 12.0 Å². The molecule has 1 rings (SSSR count). The molecule has 0 aliphatic carbocycles. The quantitative estimate of drug-likeness (QED) is 0.271. The van der Waals surface area contributed by atoms with E-state index in [4.69, 9.17) is 6.42 Å². The Kier molecular flexibility index (Phi) is 1.77. The van der Waals surface area contributed by atoms with Crippen molar-refractivity contribution in [2.45, 2.75) is 25.9 Å². The first kappa shape index (κ1) is 6.63. The summed E-state index contributed by atoms with van der Waals surface area (Å²) in [5.41, 5.74) is 5.97. The zero-order valence-electron chi connectivity index (χ0n) is 5.99. The Morgan fingerprint density at radius 2 is 1.78 bits per heavy atom. The maximum Gasteiger partial charge on any atom is 0.152 e. The second kappa shape index (κ2) is 2.41. The summed E-state index contributed by atoms with van der Waals surface area (Å²) in [7, 11) is -0.395. The number of rotatable bonds is 0. The van der Waals surface area contributed by atoms with Crippen LogP contribution >= 0.6 is 0 Å². The highest BCUT2D eigenvalue weighted by atomic mass is 28.3. The molecule has 0 spiro atoms. The van der Waals surface area contributed by atoms with Gasteiger partial charge in [-0.1, -0.05) is 11.1 Å². The highest BCUT2D eigenvalue weighted by Gasteiger charge is 2.18. The largest absolute Gasteiger partial charge is 0.152 e. The molecule has 0 N–H and O–H groups in total. The van der Waals surface area contributed by atoms with Crippen molar-refractivity contribution in [1.29, 1.82) is 0 Å². The van der Waals surface area contributed by atoms with E-state index in [0.717, 1.165) is 0 Å². The summed E-state index contributed by atoms with van der Waals surface area (Å²) in [5.74, 6) is 0. The fourth-order valence-corrected chi connectivity index (χ4v) is 3.32. The third-order valence-corrected chi connectivity index (χ3v) is 4.21. The van der Waals surface area contributed by atoms with Crippen LogP contribution in [-0.2, 0) is 0 Å². The summed E-state index contributed by atoms with van der Waals surface area (Å²) < 4.78 is 0. The van der Waals surface area contributed by atoms with Crippen LogP contribution in [0.4, 0.5) is 0 Å². The molecular weight excluding hydrogens is 124 g/mol. The Balaban J connectivity index is 2.61. The minimum absolute atomic E-state index is 0.395. The molecule has 0 aromatic rings. The van der Waals surface area contributed by atoms with Crippen molar-refractivity contribution in [3.8, 4) is 12.0 Å². The van der Waals surface area contributed by atoms with Gasteiger partial charge in [0.25, 0.3) is 0 Å². The molecule has 0 unspecified atom stereocenters. The first-order chi connectivity index (χ1) is 4.24. The van der Waals surface area contributed by atoms with Gasteiger partial charge in [-0.2, -0.15) is 0 Å². The van der Waals surface area contributed by atoms with Crippen molar-refractivity contribution >= 4 is 8.80 Å². The predicted octanol–water partition coefficient (Wildman–Crippen LogP) is 2.00. The molecule has 0 amide bonds. The van der Waals surface area contributed by atoms with Crippen LogP contribution < -0.4 is 0 Å². The van der Waals surface area contributed by atoms with E-state index in [1.807, 2.05) is 0 Å². The molecule has 0 bridgehead atoms. The number of terminal acetylenes is 1. The van der Waals surface area contributed by atoms with Gasteiger partial charge in [0, 0.05) is 0 Å². The molecule has 0 saturated heterocycles. The molecular formula is C8H11Si. The fourth-order valence-electron chi connectivity index (χ4n) is 1.11. The van der Waals surface area contributed by atoms with Crippen LogP contribution in [0.25, 0.3) is 0 Å².